The smallest absolute Gasteiger partial charge is 0.295 e. The summed E-state index contributed by atoms with van der Waals surface area (Å²) in [6, 6.07) is 9.53. The van der Waals surface area contributed by atoms with Crippen LogP contribution in [-0.4, -0.2) is 48.6 Å². The van der Waals surface area contributed by atoms with Gasteiger partial charge in [-0.3, -0.25) is 4.57 Å². The van der Waals surface area contributed by atoms with Gasteiger partial charge in [-0.05, 0) is 19.5 Å². The summed E-state index contributed by atoms with van der Waals surface area (Å²) in [5.74, 6) is 0.315. The van der Waals surface area contributed by atoms with Gasteiger partial charge in [-0.25, -0.2) is 19.6 Å². The van der Waals surface area contributed by atoms with E-state index in [2.05, 4.69) is 15.0 Å². The molecule has 10 heteroatoms. The van der Waals surface area contributed by atoms with Crippen LogP contribution in [0.5, 0.6) is 0 Å². The van der Waals surface area contributed by atoms with Crippen LogP contribution in [0.1, 0.15) is 12.5 Å². The predicted octanol–water partition coefficient (Wildman–Crippen LogP) is 2.09. The Bertz CT molecular complexity index is 948. The van der Waals surface area contributed by atoms with Gasteiger partial charge < -0.3 is 19.9 Å². The van der Waals surface area contributed by atoms with Crippen molar-refractivity contribution in [2.45, 2.75) is 26.1 Å². The highest BCUT2D eigenvalue weighted by Crippen LogP contribution is 2.44. The third-order valence-corrected chi connectivity index (χ3v) is 5.89. The normalized spacial score (nSPS) is 15.1. The fraction of sp³-hybridized carbons (Fsp3) is 0.353. The molecule has 0 aliphatic carbocycles. The highest BCUT2D eigenvalue weighted by atomic mass is 31.2. The summed E-state index contributed by atoms with van der Waals surface area (Å²) in [5, 5.41) is 0. The van der Waals surface area contributed by atoms with Gasteiger partial charge in [0, 0.05) is 6.54 Å². The van der Waals surface area contributed by atoms with Gasteiger partial charge >= 0.3 is 0 Å². The second-order valence-corrected chi connectivity index (χ2v) is 8.67. The van der Waals surface area contributed by atoms with Crippen LogP contribution in [0.2, 0.25) is 0 Å². The van der Waals surface area contributed by atoms with E-state index in [1.165, 1.54) is 11.0 Å². The van der Waals surface area contributed by atoms with Crippen molar-refractivity contribution in [3.8, 4) is 0 Å². The number of anilines is 1. The fourth-order valence-electron chi connectivity index (χ4n) is 2.64. The number of fused-ring (bicyclic) bond motifs is 1. The maximum Gasteiger partial charge on any atom is 0.295 e. The highest BCUT2D eigenvalue weighted by Gasteiger charge is 2.26. The summed E-state index contributed by atoms with van der Waals surface area (Å²) >= 11 is 0. The Labute approximate surface area is 157 Å². The molecule has 0 spiro atoms. The molecule has 3 N–H and O–H groups in total. The SMILES string of the molecule is C[C@H](Cn1cnc2c(N)ncnc21)OCP(=O)(O)N(C)Cc1ccccc1. The third-order valence-electron chi connectivity index (χ3n) is 4.20. The summed E-state index contributed by atoms with van der Waals surface area (Å²) in [6.07, 6.45) is 2.41. The number of hydrogen-bond acceptors (Lipinski definition) is 6. The fourth-order valence-corrected chi connectivity index (χ4v) is 3.67. The first kappa shape index (κ1) is 19.4. The van der Waals surface area contributed by atoms with Crippen molar-refractivity contribution in [3.05, 3.63) is 48.5 Å². The number of nitrogens with two attached hydrogens (primary N) is 1. The lowest BCUT2D eigenvalue weighted by Crippen LogP contribution is -2.22. The van der Waals surface area contributed by atoms with E-state index in [9.17, 15) is 9.46 Å². The number of nitrogen functional groups attached to an aromatic ring is 1. The van der Waals surface area contributed by atoms with Crippen molar-refractivity contribution in [2.24, 2.45) is 0 Å². The van der Waals surface area contributed by atoms with Crippen molar-refractivity contribution in [1.82, 2.24) is 24.2 Å². The summed E-state index contributed by atoms with van der Waals surface area (Å²) in [4.78, 5) is 22.6. The van der Waals surface area contributed by atoms with Gasteiger partial charge in [0.05, 0.1) is 19.0 Å². The molecular formula is C17H23N6O3P. The predicted molar refractivity (Wildman–Crippen MR) is 103 cm³/mol. The molecule has 144 valence electrons. The molecule has 1 aromatic carbocycles. The van der Waals surface area contributed by atoms with E-state index in [-0.39, 0.29) is 12.5 Å². The molecule has 2 aromatic heterocycles. The lowest BCUT2D eigenvalue weighted by atomic mass is 10.2. The van der Waals surface area contributed by atoms with E-state index < -0.39 is 7.52 Å². The third kappa shape index (κ3) is 4.70. The molecule has 9 nitrogen and oxygen atoms in total. The van der Waals surface area contributed by atoms with Crippen LogP contribution in [0.4, 0.5) is 5.82 Å². The van der Waals surface area contributed by atoms with E-state index >= 15 is 0 Å². The zero-order valence-electron chi connectivity index (χ0n) is 15.3. The first-order valence-electron chi connectivity index (χ1n) is 8.47. The summed E-state index contributed by atoms with van der Waals surface area (Å²) < 4.78 is 21.4. The molecule has 0 aliphatic rings. The average Bonchev–Trinajstić information content (AvgIpc) is 3.05. The summed E-state index contributed by atoms with van der Waals surface area (Å²) in [6.45, 7) is 2.62. The quantitative estimate of drug-likeness (QED) is 0.561. The molecule has 0 saturated heterocycles. The number of nitrogens with zero attached hydrogens (tertiary/aromatic N) is 5. The molecule has 0 amide bonds. The molecule has 2 heterocycles. The first-order valence-corrected chi connectivity index (χ1v) is 10.3. The lowest BCUT2D eigenvalue weighted by Gasteiger charge is -2.24. The molecule has 0 bridgehead atoms. The zero-order valence-corrected chi connectivity index (χ0v) is 16.2. The molecule has 0 radical (unpaired) electrons. The molecular weight excluding hydrogens is 367 g/mol. The second kappa shape index (κ2) is 8.14. The van der Waals surface area contributed by atoms with Gasteiger partial charge in [0.2, 0.25) is 0 Å². The maximum atomic E-state index is 12.6. The Kier molecular flexibility index (Phi) is 5.86. The van der Waals surface area contributed by atoms with Gasteiger partial charge in [0.1, 0.15) is 18.2 Å². The van der Waals surface area contributed by atoms with Crippen LogP contribution in [0.3, 0.4) is 0 Å². The number of hydrogen-bond donors (Lipinski definition) is 2. The highest BCUT2D eigenvalue weighted by molar-refractivity contribution is 7.55. The van der Waals surface area contributed by atoms with Crippen molar-refractivity contribution in [2.75, 3.05) is 19.1 Å². The molecule has 1 unspecified atom stereocenters. The Morgan fingerprint density at radius 3 is 2.78 bits per heavy atom. The van der Waals surface area contributed by atoms with Crippen molar-refractivity contribution < 1.29 is 14.2 Å². The van der Waals surface area contributed by atoms with Crippen molar-refractivity contribution >= 4 is 24.5 Å². The van der Waals surface area contributed by atoms with Gasteiger partial charge in [-0.1, -0.05) is 30.3 Å². The van der Waals surface area contributed by atoms with Crippen LogP contribution < -0.4 is 5.73 Å². The van der Waals surface area contributed by atoms with E-state index in [4.69, 9.17) is 10.5 Å². The van der Waals surface area contributed by atoms with E-state index in [1.54, 1.807) is 17.9 Å². The molecule has 0 fully saturated rings. The Balaban J connectivity index is 1.58. The molecule has 3 aromatic rings. The Morgan fingerprint density at radius 1 is 1.30 bits per heavy atom. The minimum Gasteiger partial charge on any atom is -0.382 e. The largest absolute Gasteiger partial charge is 0.382 e. The van der Waals surface area contributed by atoms with Crippen LogP contribution in [0, 0.1) is 0 Å². The van der Waals surface area contributed by atoms with Crippen molar-refractivity contribution in [3.63, 3.8) is 0 Å². The standard InChI is InChI=1S/C17H23N6O3P/c1-13(8-23-11-21-15-16(18)19-10-20-17(15)23)26-12-27(24,25)22(2)9-14-6-4-3-5-7-14/h3-7,10-11,13H,8-9,12H2,1-2H3,(H,24,25)(H2,18,19,20)/t13-/m1/s1. The molecule has 2 atom stereocenters. The second-order valence-electron chi connectivity index (χ2n) is 6.40. The van der Waals surface area contributed by atoms with Crippen LogP contribution in [-0.2, 0) is 22.4 Å². The summed E-state index contributed by atoms with van der Waals surface area (Å²) in [5.41, 5.74) is 7.87. The number of aromatic nitrogens is 4. The van der Waals surface area contributed by atoms with Crippen molar-refractivity contribution in [1.29, 1.82) is 0 Å². The van der Waals surface area contributed by atoms with E-state index in [0.29, 0.717) is 30.1 Å². The number of benzene rings is 1. The summed E-state index contributed by atoms with van der Waals surface area (Å²) in [7, 11) is -1.99. The van der Waals surface area contributed by atoms with E-state index in [1.807, 2.05) is 37.3 Å². The minimum atomic E-state index is -3.61. The van der Waals surface area contributed by atoms with Gasteiger partial charge in [-0.15, -0.1) is 0 Å². The topological polar surface area (TPSA) is 119 Å². The zero-order chi connectivity index (χ0) is 19.4. The van der Waals surface area contributed by atoms with Crippen LogP contribution >= 0.6 is 7.52 Å². The number of rotatable bonds is 8. The Morgan fingerprint density at radius 2 is 2.04 bits per heavy atom. The molecule has 0 saturated carbocycles. The number of ether oxygens (including phenoxy) is 1. The number of imidazole rings is 1. The monoisotopic (exact) mass is 390 g/mol. The van der Waals surface area contributed by atoms with Crippen LogP contribution in [0.15, 0.2) is 43.0 Å². The van der Waals surface area contributed by atoms with E-state index in [0.717, 1.165) is 5.56 Å². The molecule has 27 heavy (non-hydrogen) atoms. The lowest BCUT2D eigenvalue weighted by molar-refractivity contribution is 0.0784. The first-order chi connectivity index (χ1) is 12.9. The average molecular weight is 390 g/mol. The van der Waals surface area contributed by atoms with Gasteiger partial charge in [0.25, 0.3) is 7.52 Å². The van der Waals surface area contributed by atoms with Gasteiger partial charge in [0.15, 0.2) is 11.5 Å². The molecule has 0 aliphatic heterocycles. The maximum absolute atomic E-state index is 12.6. The van der Waals surface area contributed by atoms with Gasteiger partial charge in [-0.2, -0.15) is 0 Å². The molecule has 3 rings (SSSR count). The van der Waals surface area contributed by atoms with Crippen LogP contribution in [0.25, 0.3) is 11.2 Å². The Hall–Kier alpha value is -2.32. The minimum absolute atomic E-state index is 0.263.